The van der Waals surface area contributed by atoms with E-state index in [9.17, 15) is 14.8 Å². The first-order valence-corrected chi connectivity index (χ1v) is 13.8. The lowest BCUT2D eigenvalue weighted by molar-refractivity contribution is -0.141. The molecule has 0 radical (unpaired) electrons. The van der Waals surface area contributed by atoms with E-state index in [-0.39, 0.29) is 18.1 Å². The largest absolute Gasteiger partial charge is 0.343 e. The third kappa shape index (κ3) is 6.34. The summed E-state index contributed by atoms with van der Waals surface area (Å²) < 4.78 is 0. The molecule has 1 heterocycles. The lowest BCUT2D eigenvalue weighted by atomic mass is 9.92. The molecule has 1 aliphatic heterocycles. The average molecular weight is 465 g/mol. The molecule has 2 aliphatic carbocycles. The van der Waals surface area contributed by atoms with Crippen molar-refractivity contribution in [2.24, 2.45) is 0 Å². The Morgan fingerprint density at radius 2 is 1.55 bits per heavy atom. The summed E-state index contributed by atoms with van der Waals surface area (Å²) >= 11 is 0. The van der Waals surface area contributed by atoms with Gasteiger partial charge in [0.2, 0.25) is 0 Å². The van der Waals surface area contributed by atoms with Crippen LogP contribution in [0.15, 0.2) is 0 Å². The van der Waals surface area contributed by atoms with Crippen molar-refractivity contribution >= 4 is 12.1 Å². The van der Waals surface area contributed by atoms with Crippen molar-refractivity contribution < 1.29 is 14.8 Å². The summed E-state index contributed by atoms with van der Waals surface area (Å²) in [6, 6.07) is -0.282. The van der Waals surface area contributed by atoms with Crippen LogP contribution in [0.4, 0.5) is 9.59 Å². The summed E-state index contributed by atoms with van der Waals surface area (Å²) in [4.78, 5) is 30.6. The fourth-order valence-electron chi connectivity index (χ4n) is 6.14. The van der Waals surface area contributed by atoms with Crippen LogP contribution in [-0.2, 0) is 0 Å². The summed E-state index contributed by atoms with van der Waals surface area (Å²) in [6.45, 7) is 6.91. The van der Waals surface area contributed by atoms with Crippen LogP contribution in [-0.4, -0.2) is 62.5 Å². The van der Waals surface area contributed by atoms with Crippen LogP contribution in [0.3, 0.4) is 0 Å². The van der Waals surface area contributed by atoms with E-state index in [4.69, 9.17) is 0 Å². The van der Waals surface area contributed by atoms with Gasteiger partial charge in [0.1, 0.15) is 0 Å². The predicted molar refractivity (Wildman–Crippen MR) is 131 cm³/mol. The first-order chi connectivity index (χ1) is 15.9. The highest BCUT2D eigenvalue weighted by molar-refractivity contribution is 5.81. The van der Waals surface area contributed by atoms with Gasteiger partial charge in [0.15, 0.2) is 6.17 Å². The quantitative estimate of drug-likeness (QED) is 0.228. The van der Waals surface area contributed by atoms with Crippen molar-refractivity contribution in [1.29, 1.82) is 0 Å². The van der Waals surface area contributed by atoms with E-state index in [0.717, 1.165) is 69.3 Å². The fraction of sp³-hybridized carbons (Fsp3) is 0.923. The zero-order valence-electron chi connectivity index (χ0n) is 21.4. The van der Waals surface area contributed by atoms with Gasteiger partial charge in [-0.2, -0.15) is 5.06 Å². The SMILES string of the molecule is CCCCCCCCN1C(=O)N(C2CCCCC2)C(N(O)C(=O)NC2CCCCC2)C1(C)C. The van der Waals surface area contributed by atoms with Crippen molar-refractivity contribution in [3.05, 3.63) is 0 Å². The molecule has 0 aromatic carbocycles. The molecule has 7 heteroatoms. The molecule has 1 saturated heterocycles. The fourth-order valence-corrected chi connectivity index (χ4v) is 6.14. The van der Waals surface area contributed by atoms with Gasteiger partial charge in [0.05, 0.1) is 5.54 Å². The maximum absolute atomic E-state index is 13.7. The van der Waals surface area contributed by atoms with Crippen LogP contribution < -0.4 is 5.32 Å². The molecule has 3 aliphatic rings. The van der Waals surface area contributed by atoms with Gasteiger partial charge in [0, 0.05) is 18.6 Å². The van der Waals surface area contributed by atoms with Crippen LogP contribution in [0, 0.1) is 0 Å². The van der Waals surface area contributed by atoms with E-state index in [1.807, 2.05) is 23.6 Å². The standard InChI is InChI=1S/C26H48N4O3/c1-4-5-6-7-8-15-20-28-25(32)29(22-18-13-10-14-19-22)23(26(28,2)3)30(33)24(31)27-21-16-11-9-12-17-21/h21-23,33H,4-20H2,1-3H3,(H,27,31). The molecular formula is C26H48N4O3. The van der Waals surface area contributed by atoms with Crippen LogP contribution in [0.2, 0.25) is 0 Å². The predicted octanol–water partition coefficient (Wildman–Crippen LogP) is 6.26. The number of amides is 4. The number of unbranched alkanes of at least 4 members (excludes halogenated alkanes) is 5. The molecule has 0 aromatic rings. The third-order valence-electron chi connectivity index (χ3n) is 8.12. The number of nitrogens with one attached hydrogen (secondary N) is 1. The Bertz CT molecular complexity index is 629. The van der Waals surface area contributed by atoms with Gasteiger partial charge in [-0.1, -0.05) is 77.6 Å². The molecule has 0 spiro atoms. The summed E-state index contributed by atoms with van der Waals surface area (Å²) in [5.74, 6) is 0. The number of hydroxylamine groups is 2. The summed E-state index contributed by atoms with van der Waals surface area (Å²) in [5, 5.41) is 15.1. The Morgan fingerprint density at radius 1 is 0.970 bits per heavy atom. The Balaban J connectivity index is 1.72. The maximum atomic E-state index is 13.7. The summed E-state index contributed by atoms with van der Waals surface area (Å²) in [5.41, 5.74) is -0.656. The lowest BCUT2D eigenvalue weighted by Gasteiger charge is -2.42. The van der Waals surface area contributed by atoms with Crippen LogP contribution >= 0.6 is 0 Å². The van der Waals surface area contributed by atoms with Gasteiger partial charge >= 0.3 is 12.1 Å². The van der Waals surface area contributed by atoms with E-state index in [1.54, 1.807) is 0 Å². The number of rotatable bonds is 10. The number of carbonyl (C=O) groups excluding carboxylic acids is 2. The number of hydrogen-bond acceptors (Lipinski definition) is 3. The molecule has 1 atom stereocenters. The first kappa shape index (κ1) is 26.1. The minimum absolute atomic E-state index is 0.0185. The van der Waals surface area contributed by atoms with Gasteiger partial charge < -0.3 is 10.2 Å². The molecule has 0 bridgehead atoms. The molecule has 2 N–H and O–H groups in total. The molecule has 0 aromatic heterocycles. The highest BCUT2D eigenvalue weighted by Gasteiger charge is 2.57. The molecule has 190 valence electrons. The number of carbonyl (C=O) groups is 2. The zero-order chi connectivity index (χ0) is 23.8. The van der Waals surface area contributed by atoms with Gasteiger partial charge in [-0.05, 0) is 46.0 Å². The third-order valence-corrected chi connectivity index (χ3v) is 8.12. The van der Waals surface area contributed by atoms with E-state index in [1.165, 1.54) is 38.5 Å². The average Bonchev–Trinajstić information content (AvgIpc) is 3.01. The van der Waals surface area contributed by atoms with Gasteiger partial charge in [0.25, 0.3) is 0 Å². The molecule has 2 saturated carbocycles. The molecule has 3 rings (SSSR count). The second-order valence-corrected chi connectivity index (χ2v) is 11.1. The van der Waals surface area contributed by atoms with Gasteiger partial charge in [-0.3, -0.25) is 10.1 Å². The van der Waals surface area contributed by atoms with E-state index in [0.29, 0.717) is 6.54 Å². The van der Waals surface area contributed by atoms with E-state index < -0.39 is 17.7 Å². The van der Waals surface area contributed by atoms with Crippen LogP contribution in [0.1, 0.15) is 124 Å². The summed E-state index contributed by atoms with van der Waals surface area (Å²) in [7, 11) is 0. The highest BCUT2D eigenvalue weighted by Crippen LogP contribution is 2.39. The second-order valence-electron chi connectivity index (χ2n) is 11.1. The Hall–Kier alpha value is -1.50. The molecule has 1 unspecified atom stereocenters. The van der Waals surface area contributed by atoms with E-state index >= 15 is 0 Å². The maximum Gasteiger partial charge on any atom is 0.343 e. The van der Waals surface area contributed by atoms with Crippen molar-refractivity contribution in [3.8, 4) is 0 Å². The molecular weight excluding hydrogens is 416 g/mol. The normalized spacial score (nSPS) is 24.4. The lowest BCUT2D eigenvalue weighted by Crippen LogP contribution is -2.61. The van der Waals surface area contributed by atoms with Gasteiger partial charge in [-0.15, -0.1) is 0 Å². The minimum Gasteiger partial charge on any atom is -0.333 e. The van der Waals surface area contributed by atoms with Crippen molar-refractivity contribution in [2.75, 3.05) is 6.54 Å². The molecule has 33 heavy (non-hydrogen) atoms. The number of hydrogen-bond donors (Lipinski definition) is 2. The topological polar surface area (TPSA) is 76.1 Å². The molecule has 4 amide bonds. The van der Waals surface area contributed by atoms with Gasteiger partial charge in [-0.25, -0.2) is 9.59 Å². The monoisotopic (exact) mass is 464 g/mol. The number of nitrogens with zero attached hydrogens (tertiary/aromatic N) is 3. The molecule has 3 fully saturated rings. The smallest absolute Gasteiger partial charge is 0.333 e. The van der Waals surface area contributed by atoms with Crippen LogP contribution in [0.25, 0.3) is 0 Å². The van der Waals surface area contributed by atoms with Crippen molar-refractivity contribution in [1.82, 2.24) is 20.2 Å². The minimum atomic E-state index is -0.670. The number of urea groups is 2. The summed E-state index contributed by atoms with van der Waals surface area (Å²) in [6.07, 6.45) is 17.0. The van der Waals surface area contributed by atoms with Crippen LogP contribution in [0.5, 0.6) is 0 Å². The van der Waals surface area contributed by atoms with E-state index in [2.05, 4.69) is 12.2 Å². The Kier molecular flexibility index (Phi) is 9.71. The zero-order valence-corrected chi connectivity index (χ0v) is 21.4. The van der Waals surface area contributed by atoms with Crippen molar-refractivity contribution in [3.63, 3.8) is 0 Å². The highest BCUT2D eigenvalue weighted by atomic mass is 16.5. The second kappa shape index (κ2) is 12.3. The first-order valence-electron chi connectivity index (χ1n) is 13.8. The molecule has 7 nitrogen and oxygen atoms in total. The Morgan fingerprint density at radius 3 is 2.18 bits per heavy atom. The Labute approximate surface area is 201 Å². The van der Waals surface area contributed by atoms with Crippen molar-refractivity contribution in [2.45, 2.75) is 147 Å².